The molecule has 5 rings (SSSR count). The first kappa shape index (κ1) is 25.9. The summed E-state index contributed by atoms with van der Waals surface area (Å²) in [6.07, 6.45) is 2.93. The van der Waals surface area contributed by atoms with Gasteiger partial charge in [0.05, 0.1) is 22.6 Å². The van der Waals surface area contributed by atoms with Crippen molar-refractivity contribution in [1.82, 2.24) is 4.90 Å². The van der Waals surface area contributed by atoms with E-state index >= 15 is 0 Å². The third-order valence-electron chi connectivity index (χ3n) is 6.43. The van der Waals surface area contributed by atoms with E-state index in [1.54, 1.807) is 91.0 Å². The van der Waals surface area contributed by atoms with Crippen LogP contribution in [0.25, 0.3) is 6.08 Å². The molecule has 0 aliphatic carbocycles. The molecule has 4 aromatic carbocycles. The van der Waals surface area contributed by atoms with Gasteiger partial charge in [-0.15, -0.1) is 0 Å². The van der Waals surface area contributed by atoms with Crippen molar-refractivity contribution in [2.45, 2.75) is 6.54 Å². The molecule has 0 aromatic heterocycles. The number of anilines is 1. The highest BCUT2D eigenvalue weighted by Crippen LogP contribution is 2.25. The van der Waals surface area contributed by atoms with Crippen molar-refractivity contribution in [3.63, 3.8) is 0 Å². The first-order valence-electron chi connectivity index (χ1n) is 12.2. The summed E-state index contributed by atoms with van der Waals surface area (Å²) in [5.41, 5.74) is 2.95. The minimum absolute atomic E-state index is 0.0349. The Bertz CT molecular complexity index is 1660. The lowest BCUT2D eigenvalue weighted by Crippen LogP contribution is -2.30. The summed E-state index contributed by atoms with van der Waals surface area (Å²) in [6, 6.07) is 25.5. The number of ketones is 1. The van der Waals surface area contributed by atoms with Crippen molar-refractivity contribution in [2.24, 2.45) is 0 Å². The summed E-state index contributed by atoms with van der Waals surface area (Å²) in [4.78, 5) is 62.6. The summed E-state index contributed by atoms with van der Waals surface area (Å²) >= 11 is 0. The molecule has 0 saturated carbocycles. The molecule has 196 valence electrons. The van der Waals surface area contributed by atoms with Crippen LogP contribution >= 0.6 is 0 Å². The Hall–Kier alpha value is -5.70. The number of hydrogen-bond donors (Lipinski definition) is 1. The van der Waals surface area contributed by atoms with E-state index in [1.807, 2.05) is 0 Å². The van der Waals surface area contributed by atoms with Gasteiger partial charge >= 0.3 is 0 Å². The number of nitro benzene ring substituents is 1. The van der Waals surface area contributed by atoms with E-state index in [1.165, 1.54) is 18.2 Å². The van der Waals surface area contributed by atoms with Gasteiger partial charge in [-0.2, -0.15) is 0 Å². The molecule has 1 aliphatic rings. The lowest BCUT2D eigenvalue weighted by Gasteiger charge is -2.16. The molecule has 0 fully saturated rings. The highest BCUT2D eigenvalue weighted by molar-refractivity contribution is 6.21. The number of nitrogens with one attached hydrogen (secondary N) is 1. The Morgan fingerprint density at radius 1 is 0.800 bits per heavy atom. The van der Waals surface area contributed by atoms with Crippen molar-refractivity contribution >= 4 is 41.0 Å². The number of rotatable bonds is 8. The zero-order valence-electron chi connectivity index (χ0n) is 20.9. The molecule has 1 aliphatic heterocycles. The number of nitrogens with zero attached hydrogens (tertiary/aromatic N) is 2. The Morgan fingerprint density at radius 3 is 2.02 bits per heavy atom. The summed E-state index contributed by atoms with van der Waals surface area (Å²) in [6.45, 7) is -0.0511. The number of allylic oxidation sites excluding steroid dienone is 1. The maximum Gasteiger partial charge on any atom is 0.269 e. The maximum atomic E-state index is 13.1. The van der Waals surface area contributed by atoms with Crippen LogP contribution in [0.4, 0.5) is 11.4 Å². The number of carbonyl (C=O) groups excluding carboxylic acids is 4. The normalized spacial score (nSPS) is 12.4. The molecule has 0 saturated heterocycles. The van der Waals surface area contributed by atoms with Crippen LogP contribution in [0, 0.1) is 10.1 Å². The lowest BCUT2D eigenvalue weighted by molar-refractivity contribution is -0.384. The number of non-ortho nitro benzene ring substituents is 1. The van der Waals surface area contributed by atoms with Gasteiger partial charge in [0.2, 0.25) is 0 Å². The molecule has 0 atom stereocenters. The van der Waals surface area contributed by atoms with Crippen molar-refractivity contribution < 1.29 is 24.1 Å². The number of benzene rings is 4. The first-order valence-corrected chi connectivity index (χ1v) is 12.2. The topological polar surface area (TPSA) is 127 Å². The number of fused-ring (bicyclic) bond motifs is 1. The predicted octanol–water partition coefficient (Wildman–Crippen LogP) is 5.54. The zero-order valence-corrected chi connectivity index (χ0v) is 20.9. The minimum Gasteiger partial charge on any atom is -0.322 e. The van der Waals surface area contributed by atoms with Gasteiger partial charge in [-0.25, -0.2) is 0 Å². The summed E-state index contributed by atoms with van der Waals surface area (Å²) < 4.78 is 0. The largest absolute Gasteiger partial charge is 0.322 e. The molecule has 1 heterocycles. The highest BCUT2D eigenvalue weighted by Gasteiger charge is 2.35. The van der Waals surface area contributed by atoms with E-state index in [0.29, 0.717) is 39.1 Å². The van der Waals surface area contributed by atoms with Gasteiger partial charge in [0.15, 0.2) is 5.78 Å². The third-order valence-corrected chi connectivity index (χ3v) is 6.43. The number of carbonyl (C=O) groups is 4. The van der Waals surface area contributed by atoms with E-state index in [0.717, 1.165) is 4.90 Å². The zero-order chi connectivity index (χ0) is 28.2. The van der Waals surface area contributed by atoms with Crippen LogP contribution in [0.3, 0.4) is 0 Å². The average Bonchev–Trinajstić information content (AvgIpc) is 3.21. The standard InChI is InChI=1S/C31H21N3O6/c35-28(18-11-20-9-16-24(17-10-20)34(39)40)21-12-14-23(15-13-21)32-29(36)25-6-2-1-5-22(25)19-33-30(37)26-7-3-4-8-27(26)31(33)38/h1-18H,19H2,(H,32,36)/b18-11+. The molecule has 9 nitrogen and oxygen atoms in total. The lowest BCUT2D eigenvalue weighted by atomic mass is 10.1. The van der Waals surface area contributed by atoms with Crippen molar-refractivity contribution in [2.75, 3.05) is 5.32 Å². The number of nitro groups is 1. The van der Waals surface area contributed by atoms with Gasteiger partial charge in [0, 0.05) is 28.9 Å². The third kappa shape index (κ3) is 5.30. The number of imide groups is 1. The van der Waals surface area contributed by atoms with Crippen LogP contribution in [0.5, 0.6) is 0 Å². The van der Waals surface area contributed by atoms with Crippen LogP contribution in [0.2, 0.25) is 0 Å². The van der Waals surface area contributed by atoms with Gasteiger partial charge in [-0.05, 0) is 71.8 Å². The smallest absolute Gasteiger partial charge is 0.269 e. The molecular formula is C31H21N3O6. The molecule has 0 bridgehead atoms. The van der Waals surface area contributed by atoms with Crippen LogP contribution in [0.1, 0.15) is 52.6 Å². The van der Waals surface area contributed by atoms with E-state index in [2.05, 4.69) is 5.32 Å². The second-order valence-corrected chi connectivity index (χ2v) is 8.98. The Balaban J connectivity index is 1.25. The first-order chi connectivity index (χ1) is 19.3. The van der Waals surface area contributed by atoms with Crippen LogP contribution in [0.15, 0.2) is 103 Å². The molecule has 9 heteroatoms. The quantitative estimate of drug-likeness (QED) is 0.105. The Kier molecular flexibility index (Phi) is 7.10. The molecule has 0 radical (unpaired) electrons. The fraction of sp³-hybridized carbons (Fsp3) is 0.0323. The van der Waals surface area contributed by atoms with Gasteiger partial charge in [-0.1, -0.05) is 36.4 Å². The minimum atomic E-state index is -0.494. The second-order valence-electron chi connectivity index (χ2n) is 8.98. The number of hydrogen-bond acceptors (Lipinski definition) is 6. The fourth-order valence-corrected chi connectivity index (χ4v) is 4.32. The van der Waals surface area contributed by atoms with Gasteiger partial charge in [-0.3, -0.25) is 34.2 Å². The molecule has 1 N–H and O–H groups in total. The summed E-state index contributed by atoms with van der Waals surface area (Å²) in [5, 5.41) is 13.6. The van der Waals surface area contributed by atoms with Gasteiger partial charge in [0.25, 0.3) is 23.4 Å². The maximum absolute atomic E-state index is 13.1. The Labute approximate surface area is 228 Å². The van der Waals surface area contributed by atoms with Crippen molar-refractivity contribution in [1.29, 1.82) is 0 Å². The molecule has 0 unspecified atom stereocenters. The Morgan fingerprint density at radius 2 is 1.40 bits per heavy atom. The summed E-state index contributed by atoms with van der Waals surface area (Å²) in [7, 11) is 0. The predicted molar refractivity (Wildman–Crippen MR) is 148 cm³/mol. The molecule has 0 spiro atoms. The van der Waals surface area contributed by atoms with Gasteiger partial charge < -0.3 is 5.32 Å². The molecule has 3 amide bonds. The number of amides is 3. The van der Waals surface area contributed by atoms with Crippen LogP contribution < -0.4 is 5.32 Å². The van der Waals surface area contributed by atoms with Crippen LogP contribution in [-0.2, 0) is 6.54 Å². The van der Waals surface area contributed by atoms with E-state index in [9.17, 15) is 29.3 Å². The van der Waals surface area contributed by atoms with Crippen molar-refractivity contribution in [3.05, 3.63) is 147 Å². The van der Waals surface area contributed by atoms with E-state index in [4.69, 9.17) is 0 Å². The second kappa shape index (κ2) is 11.0. The molecule has 4 aromatic rings. The van der Waals surface area contributed by atoms with E-state index in [-0.39, 0.29) is 18.0 Å². The molecular weight excluding hydrogens is 510 g/mol. The van der Waals surface area contributed by atoms with Crippen molar-refractivity contribution in [3.8, 4) is 0 Å². The fourth-order valence-electron chi connectivity index (χ4n) is 4.32. The van der Waals surface area contributed by atoms with Crippen LogP contribution in [-0.4, -0.2) is 33.3 Å². The average molecular weight is 532 g/mol. The molecule has 40 heavy (non-hydrogen) atoms. The SMILES string of the molecule is O=C(/C=C/c1ccc([N+](=O)[O-])cc1)c1ccc(NC(=O)c2ccccc2CN2C(=O)c3ccccc3C2=O)cc1. The van der Waals surface area contributed by atoms with Gasteiger partial charge in [0.1, 0.15) is 0 Å². The monoisotopic (exact) mass is 531 g/mol. The summed E-state index contributed by atoms with van der Waals surface area (Å²) in [5.74, 6) is -1.51. The van der Waals surface area contributed by atoms with E-state index < -0.39 is 22.6 Å². The highest BCUT2D eigenvalue weighted by atomic mass is 16.6.